The normalized spacial score (nSPS) is 12.4. The van der Waals surface area contributed by atoms with E-state index in [-0.39, 0.29) is 5.41 Å². The predicted octanol–water partition coefficient (Wildman–Crippen LogP) is 4.45. The van der Waals surface area contributed by atoms with Crippen molar-refractivity contribution in [2.75, 3.05) is 5.32 Å². The van der Waals surface area contributed by atoms with Crippen LogP contribution in [-0.4, -0.2) is 38.1 Å². The van der Waals surface area contributed by atoms with E-state index in [0.717, 1.165) is 22.1 Å². The van der Waals surface area contributed by atoms with Crippen molar-refractivity contribution in [2.45, 2.75) is 78.9 Å². The topological polar surface area (TPSA) is 106 Å². The quantitative estimate of drug-likeness (QED) is 0.690. The molecule has 0 bridgehead atoms. The zero-order chi connectivity index (χ0) is 22.9. The summed E-state index contributed by atoms with van der Waals surface area (Å²) in [5, 5.41) is 5.75. The molecule has 0 saturated carbocycles. The van der Waals surface area contributed by atoms with Crippen LogP contribution in [0.25, 0.3) is 10.6 Å². The molecule has 0 aliphatic carbocycles. The van der Waals surface area contributed by atoms with Gasteiger partial charge in [0.25, 0.3) is 0 Å². The molecule has 0 atom stereocenters. The van der Waals surface area contributed by atoms with Gasteiger partial charge in [-0.3, -0.25) is 5.32 Å². The van der Waals surface area contributed by atoms with Crippen molar-refractivity contribution in [1.82, 2.24) is 20.3 Å². The highest BCUT2D eigenvalue weighted by molar-refractivity contribution is 7.19. The molecule has 0 fully saturated rings. The number of carbonyl (C=O) groups excluding carboxylic acids is 2. The summed E-state index contributed by atoms with van der Waals surface area (Å²) < 4.78 is 5.36. The van der Waals surface area contributed by atoms with Crippen LogP contribution >= 0.6 is 11.3 Å². The number of aryl methyl sites for hydroxylation is 1. The third-order valence-electron chi connectivity index (χ3n) is 3.91. The Kier molecular flexibility index (Phi) is 6.56. The average molecular weight is 434 g/mol. The zero-order valence-electron chi connectivity index (χ0n) is 19.1. The highest BCUT2D eigenvalue weighted by atomic mass is 32.1. The maximum absolute atomic E-state index is 12.5. The standard InChI is InChI=1S/C21H31N5O3S/c1-12-14(13-10-11-22-15(24-13)19(2,3)4)30-18(23-12)25-17(28)26-21(8,9)16(27)29-20(5,6)7/h10-11H,1-9H3,(H2,23,25,26,28). The van der Waals surface area contributed by atoms with E-state index < -0.39 is 23.1 Å². The molecule has 2 aromatic rings. The number of carbonyl (C=O) groups is 2. The van der Waals surface area contributed by atoms with Crippen LogP contribution in [-0.2, 0) is 14.9 Å². The lowest BCUT2D eigenvalue weighted by Gasteiger charge is -2.29. The molecule has 0 aliphatic heterocycles. The first-order valence-electron chi connectivity index (χ1n) is 9.72. The van der Waals surface area contributed by atoms with Gasteiger partial charge in [-0.2, -0.15) is 0 Å². The third kappa shape index (κ3) is 6.22. The van der Waals surface area contributed by atoms with Gasteiger partial charge in [0, 0.05) is 11.6 Å². The number of anilines is 1. The van der Waals surface area contributed by atoms with Crippen molar-refractivity contribution in [3.63, 3.8) is 0 Å². The molecule has 2 rings (SSSR count). The van der Waals surface area contributed by atoms with E-state index in [4.69, 9.17) is 4.74 Å². The number of hydrogen-bond donors (Lipinski definition) is 2. The van der Waals surface area contributed by atoms with Gasteiger partial charge in [0.15, 0.2) is 5.13 Å². The molecule has 0 aliphatic rings. The number of aromatic nitrogens is 3. The minimum atomic E-state index is -1.19. The Labute approximate surface area is 181 Å². The van der Waals surface area contributed by atoms with Gasteiger partial charge in [-0.25, -0.2) is 24.5 Å². The number of nitrogens with zero attached hydrogens (tertiary/aromatic N) is 3. The Morgan fingerprint density at radius 2 is 1.67 bits per heavy atom. The van der Waals surface area contributed by atoms with E-state index in [9.17, 15) is 9.59 Å². The summed E-state index contributed by atoms with van der Waals surface area (Å²) in [7, 11) is 0. The second-order valence-electron chi connectivity index (χ2n) is 9.66. The molecule has 8 nitrogen and oxygen atoms in total. The number of amides is 2. The molecule has 0 radical (unpaired) electrons. The van der Waals surface area contributed by atoms with Gasteiger partial charge in [-0.1, -0.05) is 32.1 Å². The van der Waals surface area contributed by atoms with E-state index in [0.29, 0.717) is 5.13 Å². The Hall–Kier alpha value is -2.55. The third-order valence-corrected chi connectivity index (χ3v) is 5.01. The molecule has 0 aromatic carbocycles. The summed E-state index contributed by atoms with van der Waals surface area (Å²) in [6.45, 7) is 16.5. The second-order valence-corrected chi connectivity index (χ2v) is 10.7. The highest BCUT2D eigenvalue weighted by Crippen LogP contribution is 2.32. The second kappa shape index (κ2) is 8.29. The molecule has 2 amide bonds. The zero-order valence-corrected chi connectivity index (χ0v) is 19.9. The summed E-state index contributed by atoms with van der Waals surface area (Å²) in [5.41, 5.74) is -0.506. The summed E-state index contributed by atoms with van der Waals surface area (Å²) >= 11 is 1.32. The van der Waals surface area contributed by atoms with Crippen LogP contribution in [0, 0.1) is 6.92 Å². The first-order valence-corrected chi connectivity index (χ1v) is 10.5. The number of urea groups is 1. The Morgan fingerprint density at radius 3 is 2.23 bits per heavy atom. The fourth-order valence-electron chi connectivity index (χ4n) is 2.40. The fourth-order valence-corrected chi connectivity index (χ4v) is 3.33. The molecule has 0 saturated heterocycles. The van der Waals surface area contributed by atoms with E-state index in [1.165, 1.54) is 11.3 Å². The van der Waals surface area contributed by atoms with Gasteiger partial charge in [0.1, 0.15) is 17.0 Å². The highest BCUT2D eigenvalue weighted by Gasteiger charge is 2.34. The maximum Gasteiger partial charge on any atom is 0.331 e. The SMILES string of the molecule is Cc1nc(NC(=O)NC(C)(C)C(=O)OC(C)(C)C)sc1-c1ccnc(C(C)(C)C)n1. The molecule has 164 valence electrons. The van der Waals surface area contributed by atoms with E-state index in [1.54, 1.807) is 40.8 Å². The molecule has 9 heteroatoms. The lowest BCUT2D eigenvalue weighted by molar-refractivity contribution is -0.161. The summed E-state index contributed by atoms with van der Waals surface area (Å²) in [6.07, 6.45) is 1.73. The van der Waals surface area contributed by atoms with Crippen molar-refractivity contribution < 1.29 is 14.3 Å². The lowest BCUT2D eigenvalue weighted by atomic mass is 9.95. The number of hydrogen-bond acceptors (Lipinski definition) is 7. The number of nitrogens with one attached hydrogen (secondary N) is 2. The lowest BCUT2D eigenvalue weighted by Crippen LogP contribution is -2.53. The van der Waals surface area contributed by atoms with Crippen molar-refractivity contribution in [2.24, 2.45) is 0 Å². The minimum Gasteiger partial charge on any atom is -0.458 e. The molecule has 0 spiro atoms. The maximum atomic E-state index is 12.5. The predicted molar refractivity (Wildman–Crippen MR) is 119 cm³/mol. The van der Waals surface area contributed by atoms with Gasteiger partial charge >= 0.3 is 12.0 Å². The van der Waals surface area contributed by atoms with Gasteiger partial charge in [-0.15, -0.1) is 0 Å². The number of esters is 1. The summed E-state index contributed by atoms with van der Waals surface area (Å²) in [6, 6.07) is 1.29. The van der Waals surface area contributed by atoms with Crippen LogP contribution in [0.3, 0.4) is 0 Å². The molecule has 2 heterocycles. The van der Waals surface area contributed by atoms with E-state index in [1.807, 2.05) is 13.0 Å². The number of thiazole rings is 1. The Balaban J connectivity index is 2.14. The van der Waals surface area contributed by atoms with Gasteiger partial charge in [0.05, 0.1) is 16.3 Å². The smallest absolute Gasteiger partial charge is 0.331 e. The van der Waals surface area contributed by atoms with E-state index in [2.05, 4.69) is 46.4 Å². The Morgan fingerprint density at radius 1 is 1.03 bits per heavy atom. The average Bonchev–Trinajstić information content (AvgIpc) is 2.92. The largest absolute Gasteiger partial charge is 0.458 e. The fraction of sp³-hybridized carbons (Fsp3) is 0.571. The summed E-state index contributed by atoms with van der Waals surface area (Å²) in [4.78, 5) is 39.1. The van der Waals surface area contributed by atoms with Crippen LogP contribution < -0.4 is 10.6 Å². The first kappa shape index (κ1) is 23.7. The number of ether oxygens (including phenoxy) is 1. The molecular formula is C21H31N5O3S. The van der Waals surface area contributed by atoms with Crippen LogP contribution in [0.5, 0.6) is 0 Å². The van der Waals surface area contributed by atoms with Crippen molar-refractivity contribution in [3.8, 4) is 10.6 Å². The van der Waals surface area contributed by atoms with Crippen LogP contribution in [0.4, 0.5) is 9.93 Å². The van der Waals surface area contributed by atoms with Crippen LogP contribution in [0.1, 0.15) is 66.9 Å². The monoisotopic (exact) mass is 433 g/mol. The Bertz CT molecular complexity index is 939. The van der Waals surface area contributed by atoms with Gasteiger partial charge in [-0.05, 0) is 47.6 Å². The van der Waals surface area contributed by atoms with Crippen molar-refractivity contribution in [1.29, 1.82) is 0 Å². The van der Waals surface area contributed by atoms with Gasteiger partial charge < -0.3 is 10.1 Å². The van der Waals surface area contributed by atoms with Crippen molar-refractivity contribution >= 4 is 28.5 Å². The first-order chi connectivity index (χ1) is 13.6. The minimum absolute atomic E-state index is 0.178. The van der Waals surface area contributed by atoms with E-state index >= 15 is 0 Å². The molecule has 2 N–H and O–H groups in total. The van der Waals surface area contributed by atoms with Crippen LogP contribution in [0.2, 0.25) is 0 Å². The number of rotatable bonds is 4. The molecule has 0 unspecified atom stereocenters. The molecule has 2 aromatic heterocycles. The molecular weight excluding hydrogens is 402 g/mol. The van der Waals surface area contributed by atoms with Crippen molar-refractivity contribution in [3.05, 3.63) is 23.8 Å². The van der Waals surface area contributed by atoms with Crippen LogP contribution in [0.15, 0.2) is 12.3 Å². The summed E-state index contributed by atoms with van der Waals surface area (Å²) in [5.74, 6) is 0.219. The molecule has 30 heavy (non-hydrogen) atoms. The van der Waals surface area contributed by atoms with Gasteiger partial charge in [0.2, 0.25) is 0 Å².